The third kappa shape index (κ3) is 3.83. The number of hydrogen-bond donors (Lipinski definition) is 1. The van der Waals surface area contributed by atoms with Crippen molar-refractivity contribution in [1.82, 2.24) is 4.98 Å². The zero-order valence-corrected chi connectivity index (χ0v) is 15.0. The summed E-state index contributed by atoms with van der Waals surface area (Å²) in [5.74, 6) is 0.435. The molecule has 0 fully saturated rings. The molecule has 2 aromatic carbocycles. The summed E-state index contributed by atoms with van der Waals surface area (Å²) in [5.41, 5.74) is 3.22. The van der Waals surface area contributed by atoms with Crippen LogP contribution >= 0.6 is 23.1 Å². The molecule has 6 heteroatoms. The van der Waals surface area contributed by atoms with Gasteiger partial charge in [0, 0.05) is 11.3 Å². The fraction of sp³-hybridized carbons (Fsp3) is 0.167. The van der Waals surface area contributed by atoms with Crippen molar-refractivity contribution in [2.45, 2.75) is 18.2 Å². The lowest BCUT2D eigenvalue weighted by Gasteiger charge is -2.07. The minimum Gasteiger partial charge on any atom is -0.322 e. The van der Waals surface area contributed by atoms with Crippen LogP contribution in [0.15, 0.2) is 46.8 Å². The highest BCUT2D eigenvalue weighted by Crippen LogP contribution is 2.31. The topological polar surface area (TPSA) is 59.1 Å². The summed E-state index contributed by atoms with van der Waals surface area (Å²) in [6, 6.07) is 13.1. The molecule has 0 radical (unpaired) electrons. The highest BCUT2D eigenvalue weighted by Gasteiger charge is 2.10. The summed E-state index contributed by atoms with van der Waals surface area (Å²) in [6.07, 6.45) is 0. The van der Waals surface area contributed by atoms with E-state index in [9.17, 15) is 9.59 Å². The van der Waals surface area contributed by atoms with E-state index in [0.29, 0.717) is 11.3 Å². The Morgan fingerprint density at radius 2 is 2.00 bits per heavy atom. The van der Waals surface area contributed by atoms with E-state index in [1.165, 1.54) is 23.1 Å². The van der Waals surface area contributed by atoms with Gasteiger partial charge in [0.05, 0.1) is 16.0 Å². The number of fused-ring (bicyclic) bond motifs is 1. The zero-order valence-electron chi connectivity index (χ0n) is 13.3. The van der Waals surface area contributed by atoms with E-state index in [-0.39, 0.29) is 11.7 Å². The Kier molecular flexibility index (Phi) is 4.97. The molecule has 0 aliphatic rings. The number of amides is 1. The number of aromatic nitrogens is 1. The van der Waals surface area contributed by atoms with Gasteiger partial charge in [0.25, 0.3) is 5.91 Å². The summed E-state index contributed by atoms with van der Waals surface area (Å²) in [5, 5.41) is 2.93. The van der Waals surface area contributed by atoms with Gasteiger partial charge in [-0.3, -0.25) is 9.59 Å². The summed E-state index contributed by atoms with van der Waals surface area (Å²) >= 11 is 2.97. The van der Waals surface area contributed by atoms with Gasteiger partial charge in [0.15, 0.2) is 4.34 Å². The van der Waals surface area contributed by atoms with E-state index in [4.69, 9.17) is 0 Å². The molecule has 1 N–H and O–H groups in total. The van der Waals surface area contributed by atoms with Gasteiger partial charge in [-0.25, -0.2) is 4.98 Å². The van der Waals surface area contributed by atoms with Crippen LogP contribution in [0.3, 0.4) is 0 Å². The molecular weight excluding hydrogens is 340 g/mol. The molecule has 0 saturated carbocycles. The van der Waals surface area contributed by atoms with E-state index < -0.39 is 0 Å². The Labute approximate surface area is 148 Å². The number of thioether (sulfide) groups is 1. The molecule has 0 atom stereocenters. The Morgan fingerprint density at radius 3 is 2.75 bits per heavy atom. The molecule has 1 aromatic heterocycles. The molecule has 3 aromatic rings. The number of aryl methyl sites for hydroxylation is 1. The minimum absolute atomic E-state index is 0.122. The first-order valence-electron chi connectivity index (χ1n) is 7.43. The highest BCUT2D eigenvalue weighted by atomic mass is 32.2. The fourth-order valence-electron chi connectivity index (χ4n) is 2.23. The molecule has 0 saturated heterocycles. The van der Waals surface area contributed by atoms with Gasteiger partial charge >= 0.3 is 0 Å². The Morgan fingerprint density at radius 1 is 1.21 bits per heavy atom. The summed E-state index contributed by atoms with van der Waals surface area (Å²) < 4.78 is 1.85. The quantitative estimate of drug-likeness (QED) is 0.682. The van der Waals surface area contributed by atoms with Crippen LogP contribution in [-0.4, -0.2) is 22.4 Å². The van der Waals surface area contributed by atoms with Crippen molar-refractivity contribution in [2.24, 2.45) is 0 Å². The van der Waals surface area contributed by atoms with Gasteiger partial charge in [0.2, 0.25) is 0 Å². The molecule has 122 valence electrons. The summed E-state index contributed by atoms with van der Waals surface area (Å²) in [6.45, 7) is 3.49. The van der Waals surface area contributed by atoms with E-state index in [1.54, 1.807) is 6.92 Å². The van der Waals surface area contributed by atoms with Crippen molar-refractivity contribution >= 4 is 50.7 Å². The molecule has 3 rings (SSSR count). The number of nitrogens with one attached hydrogen (secondary N) is 1. The van der Waals surface area contributed by atoms with Crippen LogP contribution in [-0.2, 0) is 4.79 Å². The summed E-state index contributed by atoms with van der Waals surface area (Å²) in [4.78, 5) is 28.0. The first-order chi connectivity index (χ1) is 11.5. The molecule has 0 aliphatic carbocycles. The predicted molar refractivity (Wildman–Crippen MR) is 100 cm³/mol. The molecule has 24 heavy (non-hydrogen) atoms. The van der Waals surface area contributed by atoms with Gasteiger partial charge in [-0.1, -0.05) is 30.0 Å². The summed E-state index contributed by atoms with van der Waals surface area (Å²) in [7, 11) is 0. The lowest BCUT2D eigenvalue weighted by atomic mass is 10.1. The number of hydrogen-bond acceptors (Lipinski definition) is 5. The number of carbonyl (C=O) groups excluding carboxylic acids is 2. The van der Waals surface area contributed by atoms with E-state index in [0.717, 1.165) is 25.8 Å². The van der Waals surface area contributed by atoms with E-state index in [2.05, 4.69) is 10.3 Å². The maximum Gasteiger partial charge on any atom is 0.255 e. The van der Waals surface area contributed by atoms with Crippen molar-refractivity contribution in [3.05, 3.63) is 53.6 Å². The van der Waals surface area contributed by atoms with Gasteiger partial charge in [0.1, 0.15) is 5.78 Å². The fourth-order valence-corrected chi connectivity index (χ4v) is 4.14. The van der Waals surface area contributed by atoms with Gasteiger partial charge in [-0.05, 0) is 43.7 Å². The number of ketones is 1. The lowest BCUT2D eigenvalue weighted by molar-refractivity contribution is -0.114. The Bertz CT molecular complexity index is 918. The third-order valence-electron chi connectivity index (χ3n) is 3.42. The second kappa shape index (κ2) is 7.15. The standard InChI is InChI=1S/C18H16N2O2S2/c1-11-5-3-4-6-14(11)17(22)19-13-7-8-15-16(9-13)24-18(20-15)23-10-12(2)21/h3-9H,10H2,1-2H3,(H,19,22). The number of rotatable bonds is 5. The van der Waals surface area contributed by atoms with Crippen LogP contribution < -0.4 is 5.32 Å². The number of anilines is 1. The SMILES string of the molecule is CC(=O)CSc1nc2ccc(NC(=O)c3ccccc3C)cc2s1. The second-order valence-electron chi connectivity index (χ2n) is 5.42. The van der Waals surface area contributed by atoms with Crippen LogP contribution in [0.2, 0.25) is 0 Å². The highest BCUT2D eigenvalue weighted by molar-refractivity contribution is 8.01. The van der Waals surface area contributed by atoms with E-state index in [1.807, 2.05) is 49.4 Å². The Hall–Kier alpha value is -2.18. The van der Waals surface area contributed by atoms with Crippen molar-refractivity contribution < 1.29 is 9.59 Å². The van der Waals surface area contributed by atoms with Crippen molar-refractivity contribution in [3.8, 4) is 0 Å². The average Bonchev–Trinajstić information content (AvgIpc) is 2.95. The molecule has 1 heterocycles. The van der Waals surface area contributed by atoms with Gasteiger partial charge in [-0.2, -0.15) is 0 Å². The van der Waals surface area contributed by atoms with Gasteiger partial charge < -0.3 is 5.32 Å². The molecule has 1 amide bonds. The number of carbonyl (C=O) groups is 2. The van der Waals surface area contributed by atoms with Crippen molar-refractivity contribution in [1.29, 1.82) is 0 Å². The monoisotopic (exact) mass is 356 g/mol. The van der Waals surface area contributed by atoms with Crippen LogP contribution in [0.5, 0.6) is 0 Å². The Balaban J connectivity index is 1.79. The largest absolute Gasteiger partial charge is 0.322 e. The maximum absolute atomic E-state index is 12.4. The van der Waals surface area contributed by atoms with Crippen molar-refractivity contribution in [2.75, 3.05) is 11.1 Å². The number of benzene rings is 2. The predicted octanol–water partition coefficient (Wildman–Crippen LogP) is 4.54. The van der Waals surface area contributed by atoms with Crippen molar-refractivity contribution in [3.63, 3.8) is 0 Å². The second-order valence-corrected chi connectivity index (χ2v) is 7.68. The molecular formula is C18H16N2O2S2. The smallest absolute Gasteiger partial charge is 0.255 e. The zero-order chi connectivity index (χ0) is 17.1. The van der Waals surface area contributed by atoms with Crippen LogP contribution in [0.25, 0.3) is 10.2 Å². The van der Waals surface area contributed by atoms with Crippen LogP contribution in [0, 0.1) is 6.92 Å². The number of nitrogens with zero attached hydrogens (tertiary/aromatic N) is 1. The number of thiazole rings is 1. The minimum atomic E-state index is -0.122. The number of Topliss-reactive ketones (excluding diaryl/α,β-unsaturated/α-hetero) is 1. The average molecular weight is 356 g/mol. The third-order valence-corrected chi connectivity index (χ3v) is 5.72. The van der Waals surface area contributed by atoms with Crippen LogP contribution in [0.4, 0.5) is 5.69 Å². The first-order valence-corrected chi connectivity index (χ1v) is 9.23. The first kappa shape index (κ1) is 16.7. The molecule has 0 aliphatic heterocycles. The van der Waals surface area contributed by atoms with Gasteiger partial charge in [-0.15, -0.1) is 11.3 Å². The molecule has 4 nitrogen and oxygen atoms in total. The molecule has 0 spiro atoms. The normalized spacial score (nSPS) is 10.8. The van der Waals surface area contributed by atoms with E-state index >= 15 is 0 Å². The maximum atomic E-state index is 12.4. The lowest BCUT2D eigenvalue weighted by Crippen LogP contribution is -2.13. The molecule has 0 unspecified atom stereocenters. The van der Waals surface area contributed by atoms with Crippen LogP contribution in [0.1, 0.15) is 22.8 Å². The molecule has 0 bridgehead atoms.